The van der Waals surface area contributed by atoms with Gasteiger partial charge >= 0.3 is 5.97 Å². The lowest BCUT2D eigenvalue weighted by molar-refractivity contribution is -0.135. The average Bonchev–Trinajstić information content (AvgIpc) is 2.62. The van der Waals surface area contributed by atoms with Gasteiger partial charge in [0.05, 0.1) is 12.6 Å². The van der Waals surface area contributed by atoms with Crippen molar-refractivity contribution in [2.24, 2.45) is 11.8 Å². The van der Waals surface area contributed by atoms with E-state index in [4.69, 9.17) is 9.84 Å². The van der Waals surface area contributed by atoms with Crippen LogP contribution in [0.3, 0.4) is 0 Å². The van der Waals surface area contributed by atoms with Crippen molar-refractivity contribution in [3.63, 3.8) is 0 Å². The average molecular weight is 370 g/mol. The lowest BCUT2D eigenvalue weighted by Gasteiger charge is -2.31. The van der Waals surface area contributed by atoms with Crippen molar-refractivity contribution >= 4 is 16.7 Å². The number of benzene rings is 2. The van der Waals surface area contributed by atoms with Gasteiger partial charge in [-0.25, -0.2) is 0 Å². The van der Waals surface area contributed by atoms with E-state index in [2.05, 4.69) is 50.4 Å². The summed E-state index contributed by atoms with van der Waals surface area (Å²) in [6, 6.07) is 10.5. The highest BCUT2D eigenvalue weighted by Crippen LogP contribution is 2.33. The van der Waals surface area contributed by atoms with Crippen molar-refractivity contribution in [3.8, 4) is 5.75 Å². The van der Waals surface area contributed by atoms with E-state index in [0.29, 0.717) is 12.6 Å². The molecule has 0 bridgehead atoms. The Balaban J connectivity index is 1.67. The molecule has 2 N–H and O–H groups in total. The zero-order valence-electron chi connectivity index (χ0n) is 16.6. The van der Waals surface area contributed by atoms with Crippen LogP contribution in [0.25, 0.3) is 10.8 Å². The van der Waals surface area contributed by atoms with E-state index in [1.54, 1.807) is 0 Å². The molecular weight excluding hydrogens is 338 g/mol. The van der Waals surface area contributed by atoms with Gasteiger partial charge in [0.15, 0.2) is 0 Å². The minimum absolute atomic E-state index is 0.0249. The third kappa shape index (κ3) is 5.23. The maximum Gasteiger partial charge on any atom is 0.317 e. The van der Waals surface area contributed by atoms with E-state index >= 15 is 0 Å². The molecule has 1 fully saturated rings. The smallest absolute Gasteiger partial charge is 0.317 e. The maximum atomic E-state index is 10.6. The summed E-state index contributed by atoms with van der Waals surface area (Å²) in [5, 5.41) is 14.0. The minimum atomic E-state index is -0.837. The van der Waals surface area contributed by atoms with Crippen LogP contribution in [0, 0.1) is 18.8 Å². The molecule has 2 aromatic rings. The molecule has 27 heavy (non-hydrogen) atoms. The highest BCUT2D eigenvalue weighted by molar-refractivity contribution is 5.87. The molecule has 1 aliphatic rings. The fourth-order valence-electron chi connectivity index (χ4n) is 4.11. The van der Waals surface area contributed by atoms with Crippen LogP contribution in [-0.2, 0) is 11.3 Å². The molecular formula is C23H31NO3. The van der Waals surface area contributed by atoms with Crippen LogP contribution >= 0.6 is 0 Å². The molecule has 1 saturated carbocycles. The van der Waals surface area contributed by atoms with E-state index in [0.717, 1.165) is 36.0 Å². The molecule has 146 valence electrons. The van der Waals surface area contributed by atoms with E-state index in [9.17, 15) is 4.79 Å². The maximum absolute atomic E-state index is 10.6. The van der Waals surface area contributed by atoms with E-state index < -0.39 is 5.97 Å². The summed E-state index contributed by atoms with van der Waals surface area (Å²) < 4.78 is 6.32. The zero-order valence-corrected chi connectivity index (χ0v) is 16.6. The van der Waals surface area contributed by atoms with Gasteiger partial charge in [-0.15, -0.1) is 0 Å². The summed E-state index contributed by atoms with van der Waals surface area (Å²) in [7, 11) is 0. The second-order valence-electron chi connectivity index (χ2n) is 8.19. The lowest BCUT2D eigenvalue weighted by Crippen LogP contribution is -2.26. The Hall–Kier alpha value is -2.07. The fourth-order valence-corrected chi connectivity index (χ4v) is 4.11. The van der Waals surface area contributed by atoms with Crippen LogP contribution in [0.15, 0.2) is 30.3 Å². The number of carbonyl (C=O) groups is 1. The molecule has 0 radical (unpaired) electrons. The fraction of sp³-hybridized carbons (Fsp3) is 0.522. The third-order valence-corrected chi connectivity index (χ3v) is 5.77. The van der Waals surface area contributed by atoms with Gasteiger partial charge in [-0.1, -0.05) is 26.0 Å². The van der Waals surface area contributed by atoms with Crippen molar-refractivity contribution in [1.82, 2.24) is 5.32 Å². The molecule has 0 heterocycles. The minimum Gasteiger partial charge on any atom is -0.490 e. The first-order valence-corrected chi connectivity index (χ1v) is 10.0. The largest absolute Gasteiger partial charge is 0.490 e. The molecule has 3 rings (SSSR count). The highest BCUT2D eigenvalue weighted by atomic mass is 16.5. The van der Waals surface area contributed by atoms with Gasteiger partial charge in [0.25, 0.3) is 0 Å². The van der Waals surface area contributed by atoms with Crippen LogP contribution in [-0.4, -0.2) is 23.7 Å². The van der Waals surface area contributed by atoms with E-state index in [1.165, 1.54) is 29.2 Å². The number of nitrogens with one attached hydrogen (secondary N) is 1. The molecule has 0 unspecified atom stereocenters. The van der Waals surface area contributed by atoms with Crippen molar-refractivity contribution in [2.45, 2.75) is 59.1 Å². The molecule has 2 aromatic carbocycles. The quantitative estimate of drug-likeness (QED) is 0.727. The van der Waals surface area contributed by atoms with Crippen molar-refractivity contribution in [2.75, 3.05) is 6.54 Å². The van der Waals surface area contributed by atoms with Gasteiger partial charge in [0.2, 0.25) is 0 Å². The topological polar surface area (TPSA) is 58.6 Å². The molecule has 0 saturated heterocycles. The first-order chi connectivity index (χ1) is 12.9. The molecule has 0 aliphatic heterocycles. The molecule has 1 aliphatic carbocycles. The Morgan fingerprint density at radius 2 is 1.93 bits per heavy atom. The highest BCUT2D eigenvalue weighted by Gasteiger charge is 2.24. The molecule has 0 spiro atoms. The second-order valence-corrected chi connectivity index (χ2v) is 8.19. The lowest BCUT2D eigenvalue weighted by atomic mass is 9.80. The van der Waals surface area contributed by atoms with Crippen molar-refractivity contribution in [1.29, 1.82) is 0 Å². The van der Waals surface area contributed by atoms with Gasteiger partial charge in [0, 0.05) is 6.54 Å². The number of rotatable bonds is 7. The molecule has 4 nitrogen and oxygen atoms in total. The number of aliphatic carboxylic acids is 1. The number of ether oxygens (including phenoxy) is 1. The Labute approximate surface area is 161 Å². The zero-order chi connectivity index (χ0) is 19.4. The van der Waals surface area contributed by atoms with Crippen LogP contribution in [0.1, 0.15) is 50.7 Å². The Kier molecular flexibility index (Phi) is 6.38. The normalized spacial score (nSPS) is 20.1. The Bertz CT molecular complexity index is 792. The summed E-state index contributed by atoms with van der Waals surface area (Å²) in [6.45, 7) is 7.29. The van der Waals surface area contributed by atoms with Crippen LogP contribution < -0.4 is 10.1 Å². The molecule has 0 amide bonds. The number of carboxylic acids is 1. The van der Waals surface area contributed by atoms with Crippen molar-refractivity contribution < 1.29 is 14.6 Å². The van der Waals surface area contributed by atoms with Crippen LogP contribution in [0.5, 0.6) is 5.75 Å². The van der Waals surface area contributed by atoms with Gasteiger partial charge in [-0.3, -0.25) is 4.79 Å². The summed E-state index contributed by atoms with van der Waals surface area (Å²) in [5.41, 5.74) is 2.28. The van der Waals surface area contributed by atoms with E-state index in [1.807, 2.05) is 6.07 Å². The number of hydrogen-bond acceptors (Lipinski definition) is 3. The Morgan fingerprint density at radius 1 is 1.19 bits per heavy atom. The SMILES string of the molecule is Cc1cc(OC2CCC(C(C)C)CC2)cc2ccc(CNCC(=O)O)cc12. The van der Waals surface area contributed by atoms with Crippen LogP contribution in [0.4, 0.5) is 0 Å². The first-order valence-electron chi connectivity index (χ1n) is 10.0. The predicted molar refractivity (Wildman–Crippen MR) is 109 cm³/mol. The van der Waals surface area contributed by atoms with Gasteiger partial charge in [-0.05, 0) is 84.5 Å². The van der Waals surface area contributed by atoms with Crippen LogP contribution in [0.2, 0.25) is 0 Å². The summed E-state index contributed by atoms with van der Waals surface area (Å²) in [5.74, 6) is 1.74. The second kappa shape index (κ2) is 8.75. The Morgan fingerprint density at radius 3 is 2.59 bits per heavy atom. The number of hydrogen-bond donors (Lipinski definition) is 2. The number of carboxylic acid groups (broad SMARTS) is 1. The first kappa shape index (κ1) is 19.7. The van der Waals surface area contributed by atoms with E-state index in [-0.39, 0.29) is 6.54 Å². The standard InChI is InChI=1S/C23H31NO3/c1-15(2)18-6-8-20(9-7-18)27-21-10-16(3)22-11-17(4-5-19(22)12-21)13-24-14-23(25)26/h4-5,10-12,15,18,20,24H,6-9,13-14H2,1-3H3,(H,25,26). The number of aryl methyl sites for hydroxylation is 1. The van der Waals surface area contributed by atoms with Gasteiger partial charge in [0.1, 0.15) is 5.75 Å². The van der Waals surface area contributed by atoms with Crippen molar-refractivity contribution in [3.05, 3.63) is 41.5 Å². The molecule has 0 atom stereocenters. The monoisotopic (exact) mass is 369 g/mol. The van der Waals surface area contributed by atoms with Gasteiger partial charge in [-0.2, -0.15) is 0 Å². The molecule has 0 aromatic heterocycles. The predicted octanol–water partition coefficient (Wildman–Crippen LogP) is 4.92. The molecule has 4 heteroatoms. The summed E-state index contributed by atoms with van der Waals surface area (Å²) in [4.78, 5) is 10.6. The third-order valence-electron chi connectivity index (χ3n) is 5.77. The number of fused-ring (bicyclic) bond motifs is 1. The summed E-state index contributed by atoms with van der Waals surface area (Å²) in [6.07, 6.45) is 5.15. The van der Waals surface area contributed by atoms with Gasteiger partial charge < -0.3 is 15.2 Å². The summed E-state index contributed by atoms with van der Waals surface area (Å²) >= 11 is 0.